The minimum Gasteiger partial charge on any atom is -0.507 e. The maximum absolute atomic E-state index is 13.2. The molecule has 1 amide bonds. The van der Waals surface area contributed by atoms with E-state index >= 15 is 0 Å². The summed E-state index contributed by atoms with van der Waals surface area (Å²) < 4.78 is 16.4. The van der Waals surface area contributed by atoms with Crippen LogP contribution in [0.2, 0.25) is 0 Å². The Bertz CT molecular complexity index is 1190. The van der Waals surface area contributed by atoms with Crippen LogP contribution >= 0.6 is 0 Å². The molecule has 1 aliphatic rings. The number of rotatable bonds is 7. The number of aryl methyl sites for hydroxylation is 1. The second kappa shape index (κ2) is 9.24. The number of amides is 1. The van der Waals surface area contributed by atoms with Crippen molar-refractivity contribution in [3.8, 4) is 11.5 Å². The van der Waals surface area contributed by atoms with Gasteiger partial charge < -0.3 is 23.9 Å². The van der Waals surface area contributed by atoms with Gasteiger partial charge in [-0.2, -0.15) is 0 Å². The molecule has 0 bridgehead atoms. The van der Waals surface area contributed by atoms with Gasteiger partial charge in [-0.1, -0.05) is 23.8 Å². The Balaban J connectivity index is 1.88. The maximum Gasteiger partial charge on any atom is 0.296 e. The number of aliphatic hydroxyl groups excluding tert-OH is 1. The monoisotopic (exact) mass is 447 g/mol. The molecule has 0 spiro atoms. The molecule has 2 aromatic carbocycles. The normalized spacial score (nSPS) is 17.4. The number of likely N-dealkylation sites (tertiary alicyclic amines) is 1. The van der Waals surface area contributed by atoms with Crippen LogP contribution in [0.1, 0.15) is 35.4 Å². The molecule has 0 radical (unpaired) electrons. The molecule has 1 aromatic heterocycles. The molecule has 2 heterocycles. The molecule has 0 saturated carbocycles. The Morgan fingerprint density at radius 3 is 2.52 bits per heavy atom. The molecule has 0 aliphatic carbocycles. The SMILES string of the molecule is CCOc1ccc(C2/C(=C(\O)c3cc(C)ccc3OC)C(=O)C(=O)N2Cc2ccco2)cc1. The van der Waals surface area contributed by atoms with Crippen LogP contribution in [0.4, 0.5) is 0 Å². The first-order valence-electron chi connectivity index (χ1n) is 10.6. The van der Waals surface area contributed by atoms with Crippen molar-refractivity contribution >= 4 is 17.4 Å². The van der Waals surface area contributed by atoms with E-state index in [1.165, 1.54) is 18.3 Å². The van der Waals surface area contributed by atoms with E-state index in [9.17, 15) is 14.7 Å². The summed E-state index contributed by atoms with van der Waals surface area (Å²) in [5.74, 6) is -0.152. The third kappa shape index (κ3) is 4.22. The Morgan fingerprint density at radius 2 is 1.88 bits per heavy atom. The fraction of sp³-hybridized carbons (Fsp3) is 0.231. The molecular formula is C26H25NO6. The van der Waals surface area contributed by atoms with Gasteiger partial charge >= 0.3 is 0 Å². The zero-order valence-corrected chi connectivity index (χ0v) is 18.7. The highest BCUT2D eigenvalue weighted by Gasteiger charge is 2.46. The number of carbonyl (C=O) groups is 2. The highest BCUT2D eigenvalue weighted by atomic mass is 16.5. The molecule has 1 atom stereocenters. The van der Waals surface area contributed by atoms with Crippen molar-refractivity contribution in [2.24, 2.45) is 0 Å². The molecule has 4 rings (SSSR count). The third-order valence-electron chi connectivity index (χ3n) is 5.56. The fourth-order valence-corrected chi connectivity index (χ4v) is 4.03. The van der Waals surface area contributed by atoms with Crippen molar-refractivity contribution in [3.05, 3.63) is 88.9 Å². The van der Waals surface area contributed by atoms with Gasteiger partial charge in [0.25, 0.3) is 11.7 Å². The minimum atomic E-state index is -0.809. The highest BCUT2D eigenvalue weighted by molar-refractivity contribution is 6.46. The Hall–Kier alpha value is -4.00. The molecule has 7 heteroatoms. The van der Waals surface area contributed by atoms with E-state index in [1.54, 1.807) is 48.5 Å². The summed E-state index contributed by atoms with van der Waals surface area (Å²) in [7, 11) is 1.49. The van der Waals surface area contributed by atoms with E-state index in [1.807, 2.05) is 19.9 Å². The van der Waals surface area contributed by atoms with Gasteiger partial charge in [-0.3, -0.25) is 9.59 Å². The average Bonchev–Trinajstić information content (AvgIpc) is 3.42. The van der Waals surface area contributed by atoms with Crippen LogP contribution in [0.3, 0.4) is 0 Å². The summed E-state index contributed by atoms with van der Waals surface area (Å²) in [6.45, 7) is 4.36. The number of hydrogen-bond acceptors (Lipinski definition) is 6. The molecule has 1 aliphatic heterocycles. The quantitative estimate of drug-likeness (QED) is 0.323. The maximum atomic E-state index is 13.2. The van der Waals surface area contributed by atoms with Gasteiger partial charge in [-0.15, -0.1) is 0 Å². The van der Waals surface area contributed by atoms with Gasteiger partial charge in [0.05, 0.1) is 43.7 Å². The molecule has 1 fully saturated rings. The van der Waals surface area contributed by atoms with Crippen LogP contribution < -0.4 is 9.47 Å². The predicted octanol–water partition coefficient (Wildman–Crippen LogP) is 4.62. The number of benzene rings is 2. The number of ketones is 1. The second-order valence-electron chi connectivity index (χ2n) is 7.71. The third-order valence-corrected chi connectivity index (χ3v) is 5.56. The highest BCUT2D eigenvalue weighted by Crippen LogP contribution is 2.42. The topological polar surface area (TPSA) is 89.2 Å². The fourth-order valence-electron chi connectivity index (χ4n) is 4.03. The summed E-state index contributed by atoms with van der Waals surface area (Å²) >= 11 is 0. The minimum absolute atomic E-state index is 0.000356. The molecular weight excluding hydrogens is 422 g/mol. The Morgan fingerprint density at radius 1 is 1.12 bits per heavy atom. The number of hydrogen-bond donors (Lipinski definition) is 1. The lowest BCUT2D eigenvalue weighted by Crippen LogP contribution is -2.29. The molecule has 33 heavy (non-hydrogen) atoms. The van der Waals surface area contributed by atoms with Crippen molar-refractivity contribution in [3.63, 3.8) is 0 Å². The van der Waals surface area contributed by atoms with Crippen molar-refractivity contribution in [1.82, 2.24) is 4.90 Å². The lowest BCUT2D eigenvalue weighted by atomic mass is 9.94. The van der Waals surface area contributed by atoms with Gasteiger partial charge in [0.2, 0.25) is 0 Å². The number of Topliss-reactive ketones (excluding diaryl/α,β-unsaturated/α-hetero) is 1. The van der Waals surface area contributed by atoms with Gasteiger partial charge in [0, 0.05) is 0 Å². The van der Waals surface area contributed by atoms with Crippen molar-refractivity contribution in [2.45, 2.75) is 26.4 Å². The second-order valence-corrected chi connectivity index (χ2v) is 7.71. The Labute approximate surface area is 191 Å². The zero-order valence-electron chi connectivity index (χ0n) is 18.7. The van der Waals surface area contributed by atoms with E-state index in [0.29, 0.717) is 35.0 Å². The summed E-state index contributed by atoms with van der Waals surface area (Å²) in [4.78, 5) is 27.7. The summed E-state index contributed by atoms with van der Waals surface area (Å²) in [6.07, 6.45) is 1.51. The first kappa shape index (κ1) is 22.2. The molecule has 7 nitrogen and oxygen atoms in total. The number of furan rings is 1. The molecule has 1 N–H and O–H groups in total. The first-order chi connectivity index (χ1) is 15.9. The zero-order chi connectivity index (χ0) is 23.5. The van der Waals surface area contributed by atoms with Crippen LogP contribution in [-0.4, -0.2) is 35.4 Å². The van der Waals surface area contributed by atoms with Crippen LogP contribution in [0.25, 0.3) is 5.76 Å². The predicted molar refractivity (Wildman–Crippen MR) is 122 cm³/mol. The van der Waals surface area contributed by atoms with Gasteiger partial charge in [-0.05, 0) is 55.8 Å². The van der Waals surface area contributed by atoms with Crippen LogP contribution in [0.15, 0.2) is 70.9 Å². The number of nitrogens with zero attached hydrogens (tertiary/aromatic N) is 1. The van der Waals surface area contributed by atoms with E-state index < -0.39 is 17.7 Å². The number of carbonyl (C=O) groups excluding carboxylic acids is 2. The lowest BCUT2D eigenvalue weighted by molar-refractivity contribution is -0.140. The van der Waals surface area contributed by atoms with Crippen molar-refractivity contribution in [1.29, 1.82) is 0 Å². The van der Waals surface area contributed by atoms with E-state index in [2.05, 4.69) is 0 Å². The summed E-state index contributed by atoms with van der Waals surface area (Å²) in [5, 5.41) is 11.3. The van der Waals surface area contributed by atoms with Gasteiger partial charge in [0.15, 0.2) is 0 Å². The van der Waals surface area contributed by atoms with Crippen molar-refractivity contribution in [2.75, 3.05) is 13.7 Å². The van der Waals surface area contributed by atoms with E-state index in [-0.39, 0.29) is 17.9 Å². The van der Waals surface area contributed by atoms with Crippen LogP contribution in [0, 0.1) is 6.92 Å². The molecule has 1 saturated heterocycles. The van der Waals surface area contributed by atoms with E-state index in [4.69, 9.17) is 13.9 Å². The summed E-state index contributed by atoms with van der Waals surface area (Å²) in [5.41, 5.74) is 1.89. The summed E-state index contributed by atoms with van der Waals surface area (Å²) in [6, 6.07) is 15.1. The number of ether oxygens (including phenoxy) is 2. The average molecular weight is 447 g/mol. The number of methoxy groups -OCH3 is 1. The van der Waals surface area contributed by atoms with Gasteiger partial charge in [-0.25, -0.2) is 0 Å². The molecule has 3 aromatic rings. The lowest BCUT2D eigenvalue weighted by Gasteiger charge is -2.25. The largest absolute Gasteiger partial charge is 0.507 e. The molecule has 1 unspecified atom stereocenters. The molecule has 170 valence electrons. The smallest absolute Gasteiger partial charge is 0.296 e. The standard InChI is InChI=1S/C26H25NO6/c1-4-32-18-10-8-17(9-11-18)23-22(24(28)20-14-16(2)7-12-21(20)31-3)25(29)26(30)27(23)15-19-6-5-13-33-19/h5-14,23,28H,4,15H2,1-3H3/b24-22+. The van der Waals surface area contributed by atoms with E-state index in [0.717, 1.165) is 5.56 Å². The number of aliphatic hydroxyl groups is 1. The first-order valence-corrected chi connectivity index (χ1v) is 10.6. The van der Waals surface area contributed by atoms with Crippen molar-refractivity contribution < 1.29 is 28.6 Å². The van der Waals surface area contributed by atoms with Crippen LogP contribution in [0.5, 0.6) is 11.5 Å². The van der Waals surface area contributed by atoms with Crippen LogP contribution in [-0.2, 0) is 16.1 Å². The Kier molecular flexibility index (Phi) is 6.22. The van der Waals surface area contributed by atoms with Gasteiger partial charge in [0.1, 0.15) is 23.0 Å².